The van der Waals surface area contributed by atoms with Gasteiger partial charge in [0.1, 0.15) is 29.9 Å². The molecule has 1 aromatic rings. The number of nitrogens with one attached hydrogen (secondary N) is 1. The second-order valence-electron chi connectivity index (χ2n) is 7.89. The van der Waals surface area contributed by atoms with Crippen LogP contribution in [0.25, 0.3) is 0 Å². The molecule has 2 amide bonds. The van der Waals surface area contributed by atoms with Gasteiger partial charge >= 0.3 is 5.97 Å². The summed E-state index contributed by atoms with van der Waals surface area (Å²) in [5.74, 6) is -2.18. The molecule has 3 aliphatic heterocycles. The van der Waals surface area contributed by atoms with E-state index < -0.39 is 35.0 Å². The number of thiazole rings is 1. The van der Waals surface area contributed by atoms with E-state index in [-0.39, 0.29) is 28.3 Å². The summed E-state index contributed by atoms with van der Waals surface area (Å²) in [5.41, 5.74) is 5.65. The Hall–Kier alpha value is -2.33. The SMILES string of the molecule is CO/N=C(\C(=O)NC1C(=O)N2C(C(=O)O)=C(SCC3COC(C)(C)O3)CS[C@H]12)c1csc(N)n1. The van der Waals surface area contributed by atoms with Crippen molar-refractivity contribution in [3.63, 3.8) is 0 Å². The number of hydrogen-bond donors (Lipinski definition) is 3. The number of nitrogens with zero attached hydrogens (tertiary/aromatic N) is 3. The Balaban J connectivity index is 1.45. The Morgan fingerprint density at radius 1 is 1.50 bits per heavy atom. The van der Waals surface area contributed by atoms with Crippen molar-refractivity contribution in [2.45, 2.75) is 37.2 Å². The smallest absolute Gasteiger partial charge is 0.353 e. The molecule has 3 atom stereocenters. The summed E-state index contributed by atoms with van der Waals surface area (Å²) >= 11 is 3.84. The Bertz CT molecular complexity index is 1070. The first-order valence-corrected chi connectivity index (χ1v) is 13.0. The van der Waals surface area contributed by atoms with Gasteiger partial charge < -0.3 is 30.5 Å². The number of β-lactam (4-membered cyclic amide) rings is 1. The number of anilines is 1. The summed E-state index contributed by atoms with van der Waals surface area (Å²) in [7, 11) is 1.28. The Morgan fingerprint density at radius 3 is 2.85 bits per heavy atom. The van der Waals surface area contributed by atoms with E-state index >= 15 is 0 Å². The molecule has 15 heteroatoms. The summed E-state index contributed by atoms with van der Waals surface area (Å²) in [5, 5.41) is 17.4. The number of aliphatic carboxylic acids is 1. The number of rotatable bonds is 8. The highest BCUT2D eigenvalue weighted by Crippen LogP contribution is 2.44. The molecule has 12 nitrogen and oxygen atoms in total. The van der Waals surface area contributed by atoms with Crippen molar-refractivity contribution >= 4 is 63.5 Å². The normalized spacial score (nSPS) is 26.2. The van der Waals surface area contributed by atoms with Crippen LogP contribution in [0, 0.1) is 0 Å². The predicted molar refractivity (Wildman–Crippen MR) is 127 cm³/mol. The summed E-state index contributed by atoms with van der Waals surface area (Å²) in [4.78, 5) is 48.3. The van der Waals surface area contributed by atoms with Gasteiger partial charge in [0.25, 0.3) is 11.8 Å². The predicted octanol–water partition coefficient (Wildman–Crippen LogP) is 0.657. The van der Waals surface area contributed by atoms with Gasteiger partial charge in [-0.05, 0) is 13.8 Å². The Morgan fingerprint density at radius 2 is 2.26 bits per heavy atom. The standard InChI is InChI=1S/C19H23N5O7S3/c1-19(2)30-4-8(31-19)5-32-10-7-33-16-12(15(26)24(16)13(10)17(27)28)22-14(25)11(23-29-3)9-6-34-18(20)21-9/h6,8,12,16H,4-5,7H2,1-3H3,(H2,20,21)(H,22,25)(H,27,28)/b23-11-/t8?,12?,16-/m1/s1. The third kappa shape index (κ3) is 4.88. The van der Waals surface area contributed by atoms with Crippen molar-refractivity contribution in [3.8, 4) is 0 Å². The van der Waals surface area contributed by atoms with Gasteiger partial charge in [0.05, 0.1) is 12.7 Å². The first-order valence-electron chi connectivity index (χ1n) is 10.1. The molecule has 0 bridgehead atoms. The number of nitrogens with two attached hydrogens (primary N) is 1. The highest BCUT2D eigenvalue weighted by molar-refractivity contribution is 8.06. The molecule has 2 unspecified atom stereocenters. The maximum absolute atomic E-state index is 12.9. The maximum Gasteiger partial charge on any atom is 0.353 e. The number of thioether (sulfide) groups is 2. The fourth-order valence-corrected chi connectivity index (χ4v) is 6.80. The minimum atomic E-state index is -1.20. The molecule has 0 aliphatic carbocycles. The lowest BCUT2D eigenvalue weighted by atomic mass is 10.0. The Labute approximate surface area is 207 Å². The number of hydrogen-bond acceptors (Lipinski definition) is 12. The van der Waals surface area contributed by atoms with Gasteiger partial charge in [-0.25, -0.2) is 9.78 Å². The van der Waals surface area contributed by atoms with Crippen molar-refractivity contribution in [1.29, 1.82) is 0 Å². The molecule has 0 saturated carbocycles. The van der Waals surface area contributed by atoms with Crippen molar-refractivity contribution in [2.75, 3.05) is 31.0 Å². The van der Waals surface area contributed by atoms with Gasteiger partial charge in [-0.15, -0.1) is 34.9 Å². The van der Waals surface area contributed by atoms with Crippen LogP contribution >= 0.6 is 34.9 Å². The third-order valence-electron chi connectivity index (χ3n) is 5.10. The molecule has 0 radical (unpaired) electrons. The van der Waals surface area contributed by atoms with Crippen LogP contribution in [-0.2, 0) is 28.7 Å². The largest absolute Gasteiger partial charge is 0.477 e. The van der Waals surface area contributed by atoms with Crippen molar-refractivity contribution in [3.05, 3.63) is 21.7 Å². The van der Waals surface area contributed by atoms with Crippen LogP contribution in [-0.4, -0.2) is 87.0 Å². The van der Waals surface area contributed by atoms with E-state index in [1.807, 2.05) is 13.8 Å². The molecule has 0 spiro atoms. The summed E-state index contributed by atoms with van der Waals surface area (Å²) in [6.45, 7) is 4.05. The van der Waals surface area contributed by atoms with E-state index in [0.29, 0.717) is 23.0 Å². The molecule has 34 heavy (non-hydrogen) atoms. The molecule has 3 aliphatic rings. The minimum absolute atomic E-state index is 0.0690. The lowest BCUT2D eigenvalue weighted by molar-refractivity contribution is -0.150. The fourth-order valence-electron chi connectivity index (χ4n) is 3.64. The van der Waals surface area contributed by atoms with Crippen molar-refractivity contribution < 1.29 is 33.8 Å². The van der Waals surface area contributed by atoms with Gasteiger partial charge in [-0.1, -0.05) is 5.16 Å². The molecule has 2 fully saturated rings. The topological polar surface area (TPSA) is 166 Å². The van der Waals surface area contributed by atoms with Crippen LogP contribution in [0.1, 0.15) is 19.5 Å². The summed E-state index contributed by atoms with van der Waals surface area (Å²) < 4.78 is 11.3. The van der Waals surface area contributed by atoms with Crippen LogP contribution in [0.15, 0.2) is 21.1 Å². The average molecular weight is 530 g/mol. The van der Waals surface area contributed by atoms with E-state index in [0.717, 1.165) is 11.3 Å². The van der Waals surface area contributed by atoms with Gasteiger partial charge in [0.15, 0.2) is 16.6 Å². The van der Waals surface area contributed by atoms with E-state index in [4.69, 9.17) is 20.0 Å². The minimum Gasteiger partial charge on any atom is -0.477 e. The second kappa shape index (κ2) is 9.73. The zero-order chi connectivity index (χ0) is 24.6. The number of aromatic nitrogens is 1. The molecule has 184 valence electrons. The van der Waals surface area contributed by atoms with E-state index in [1.54, 1.807) is 5.38 Å². The van der Waals surface area contributed by atoms with E-state index in [2.05, 4.69) is 15.5 Å². The Kier molecular flexibility index (Phi) is 7.09. The molecular formula is C19H23N5O7S3. The molecule has 1 aromatic heterocycles. The van der Waals surface area contributed by atoms with E-state index in [9.17, 15) is 19.5 Å². The highest BCUT2D eigenvalue weighted by atomic mass is 32.2. The number of carbonyl (C=O) groups is 3. The lowest BCUT2D eigenvalue weighted by Crippen LogP contribution is -2.71. The first-order chi connectivity index (χ1) is 16.1. The van der Waals surface area contributed by atoms with Crippen LogP contribution in [0.4, 0.5) is 5.13 Å². The number of oxime groups is 1. The average Bonchev–Trinajstić information content (AvgIpc) is 3.37. The van der Waals surface area contributed by atoms with Crippen LogP contribution in [0.3, 0.4) is 0 Å². The van der Waals surface area contributed by atoms with E-state index in [1.165, 1.54) is 35.5 Å². The molecule has 4 heterocycles. The van der Waals surface area contributed by atoms with Gasteiger partial charge in [-0.2, -0.15) is 0 Å². The molecule has 4 rings (SSSR count). The monoisotopic (exact) mass is 529 g/mol. The third-order valence-corrected chi connectivity index (χ3v) is 8.46. The second-order valence-corrected chi connectivity index (χ2v) is 11.0. The zero-order valence-electron chi connectivity index (χ0n) is 18.5. The van der Waals surface area contributed by atoms with Gasteiger partial charge in [0, 0.05) is 21.8 Å². The summed E-state index contributed by atoms with van der Waals surface area (Å²) in [6, 6.07) is -0.913. The zero-order valence-corrected chi connectivity index (χ0v) is 20.9. The van der Waals surface area contributed by atoms with Crippen molar-refractivity contribution in [1.82, 2.24) is 15.2 Å². The number of carbonyl (C=O) groups excluding carboxylic acids is 2. The van der Waals surface area contributed by atoms with Gasteiger partial charge in [-0.3, -0.25) is 14.5 Å². The summed E-state index contributed by atoms with van der Waals surface area (Å²) in [6.07, 6.45) is -0.178. The maximum atomic E-state index is 12.9. The van der Waals surface area contributed by atoms with Crippen LogP contribution in [0.5, 0.6) is 0 Å². The number of amides is 2. The van der Waals surface area contributed by atoms with Crippen LogP contribution in [0.2, 0.25) is 0 Å². The first kappa shape index (κ1) is 24.8. The van der Waals surface area contributed by atoms with Crippen LogP contribution < -0.4 is 11.1 Å². The lowest BCUT2D eigenvalue weighted by Gasteiger charge is -2.49. The molecular weight excluding hydrogens is 506 g/mol. The molecule has 0 aromatic carbocycles. The van der Waals surface area contributed by atoms with Gasteiger partial charge in [0.2, 0.25) is 0 Å². The highest BCUT2D eigenvalue weighted by Gasteiger charge is 2.54. The quantitative estimate of drug-likeness (QED) is 0.246. The number of ether oxygens (including phenoxy) is 2. The molecule has 2 saturated heterocycles. The van der Waals surface area contributed by atoms with Crippen molar-refractivity contribution in [2.24, 2.45) is 5.16 Å². The fraction of sp³-hybridized carbons (Fsp3) is 0.526. The number of carboxylic acids is 1. The number of fused-ring (bicyclic) bond motifs is 1. The number of carboxylic acid groups (broad SMARTS) is 1. The molecule has 4 N–H and O–H groups in total. The number of nitrogen functional groups attached to an aromatic ring is 1.